The van der Waals surface area contributed by atoms with Crippen molar-refractivity contribution < 1.29 is 38.1 Å². The average molecular weight is 571 g/mol. The number of hydrogen-bond acceptors (Lipinski definition) is 8. The molecule has 210 valence electrons. The molecule has 3 aliphatic heterocycles. The molecule has 8 heteroatoms. The zero-order chi connectivity index (χ0) is 28.9. The highest BCUT2D eigenvalue weighted by Crippen LogP contribution is 2.74. The van der Waals surface area contributed by atoms with E-state index in [-0.39, 0.29) is 19.4 Å². The van der Waals surface area contributed by atoms with Gasteiger partial charge in [0.15, 0.2) is 28.8 Å². The van der Waals surface area contributed by atoms with Crippen LogP contribution in [0.5, 0.6) is 23.0 Å². The molecule has 1 saturated heterocycles. The topological polar surface area (TPSA) is 97.4 Å². The van der Waals surface area contributed by atoms with Gasteiger partial charge in [0.2, 0.25) is 13.6 Å². The maximum Gasteiger partial charge on any atom is 0.319 e. The van der Waals surface area contributed by atoms with Crippen molar-refractivity contribution in [3.63, 3.8) is 0 Å². The molecule has 4 aromatic rings. The molecule has 4 aromatic carbocycles. The summed E-state index contributed by atoms with van der Waals surface area (Å²) in [4.78, 5) is 43.3. The van der Waals surface area contributed by atoms with E-state index in [1.54, 1.807) is 0 Å². The molecular weight excluding hydrogens is 548 g/mol. The number of benzene rings is 4. The number of carbonyl (C=O) groups is 3. The highest BCUT2D eigenvalue weighted by molar-refractivity contribution is 6.34. The van der Waals surface area contributed by atoms with Crippen LogP contribution in [0.15, 0.2) is 97.1 Å². The van der Waals surface area contributed by atoms with Gasteiger partial charge in [0.05, 0.1) is 22.7 Å². The van der Waals surface area contributed by atoms with Gasteiger partial charge >= 0.3 is 11.9 Å². The Morgan fingerprint density at radius 1 is 0.512 bits per heavy atom. The molecule has 9 rings (SSSR count). The predicted molar refractivity (Wildman–Crippen MR) is 151 cm³/mol. The van der Waals surface area contributed by atoms with Gasteiger partial charge < -0.3 is 23.7 Å². The second kappa shape index (κ2) is 8.35. The van der Waals surface area contributed by atoms with Gasteiger partial charge in [0.25, 0.3) is 0 Å². The van der Waals surface area contributed by atoms with Crippen LogP contribution in [0.1, 0.15) is 22.3 Å². The van der Waals surface area contributed by atoms with Crippen molar-refractivity contribution >= 4 is 28.9 Å². The highest BCUT2D eigenvalue weighted by Gasteiger charge is 2.82. The lowest BCUT2D eigenvalue weighted by molar-refractivity contribution is -0.156. The fraction of sp³-hybridized carbons (Fsp3) is 0.171. The number of carbonyl (C=O) groups excluding carboxylic acids is 3. The first kappa shape index (κ1) is 24.2. The zero-order valence-corrected chi connectivity index (χ0v) is 22.6. The van der Waals surface area contributed by atoms with Crippen molar-refractivity contribution in [2.45, 2.75) is 10.8 Å². The normalized spacial score (nSPS) is 27.6. The number of cyclic esters (lactones) is 2. The second-order valence-corrected chi connectivity index (χ2v) is 11.3. The Morgan fingerprint density at radius 2 is 0.930 bits per heavy atom. The summed E-state index contributed by atoms with van der Waals surface area (Å²) in [5.74, 6) is -1.56. The van der Waals surface area contributed by atoms with Gasteiger partial charge in [-0.15, -0.1) is 0 Å². The highest BCUT2D eigenvalue weighted by atomic mass is 16.7. The number of Topliss-reactive ketones (excluding diaryl/α,β-unsaturated/α-hetero) is 1. The van der Waals surface area contributed by atoms with Gasteiger partial charge in [-0.25, -0.2) is 0 Å². The number of esters is 2. The van der Waals surface area contributed by atoms with E-state index in [1.807, 2.05) is 97.1 Å². The summed E-state index contributed by atoms with van der Waals surface area (Å²) in [5, 5.41) is 0. The van der Waals surface area contributed by atoms with Crippen LogP contribution in [0, 0.1) is 11.8 Å². The van der Waals surface area contributed by atoms with Crippen molar-refractivity contribution in [3.05, 3.63) is 119 Å². The van der Waals surface area contributed by atoms with E-state index in [0.29, 0.717) is 56.4 Å². The lowest BCUT2D eigenvalue weighted by atomic mass is 9.59. The van der Waals surface area contributed by atoms with Crippen molar-refractivity contribution in [1.82, 2.24) is 0 Å². The minimum atomic E-state index is -1.54. The summed E-state index contributed by atoms with van der Waals surface area (Å²) in [7, 11) is 0. The molecule has 0 unspecified atom stereocenters. The molecule has 1 saturated carbocycles. The molecule has 0 N–H and O–H groups in total. The molecule has 2 fully saturated rings. The van der Waals surface area contributed by atoms with Crippen LogP contribution in [0.2, 0.25) is 0 Å². The Labute approximate surface area is 245 Å². The fourth-order valence-electron chi connectivity index (χ4n) is 8.04. The van der Waals surface area contributed by atoms with E-state index in [4.69, 9.17) is 23.7 Å². The number of allylic oxidation sites excluding steroid dienone is 2. The van der Waals surface area contributed by atoms with Crippen LogP contribution in [-0.4, -0.2) is 31.3 Å². The quantitative estimate of drug-likeness (QED) is 0.254. The smallest absolute Gasteiger partial charge is 0.319 e. The van der Waals surface area contributed by atoms with Crippen molar-refractivity contribution in [2.24, 2.45) is 11.8 Å². The summed E-state index contributed by atoms with van der Waals surface area (Å²) >= 11 is 0. The van der Waals surface area contributed by atoms with E-state index in [0.717, 1.165) is 0 Å². The Kier molecular flexibility index (Phi) is 4.71. The van der Waals surface area contributed by atoms with Crippen LogP contribution in [0.25, 0.3) is 11.1 Å². The number of hydrogen-bond donors (Lipinski definition) is 0. The Hall–Kier alpha value is -5.37. The number of ketones is 1. The molecule has 3 heterocycles. The average Bonchev–Trinajstić information content (AvgIpc) is 3.85. The summed E-state index contributed by atoms with van der Waals surface area (Å²) in [5.41, 5.74) is 0.755. The van der Waals surface area contributed by atoms with E-state index in [1.165, 1.54) is 0 Å². The third-order valence-corrected chi connectivity index (χ3v) is 9.51. The largest absolute Gasteiger partial charge is 0.454 e. The molecule has 8 nitrogen and oxygen atoms in total. The Bertz CT molecular complexity index is 1790. The summed E-state index contributed by atoms with van der Waals surface area (Å²) in [6.45, 7) is 0.157. The maximum absolute atomic E-state index is 15.6. The molecule has 4 atom stereocenters. The fourth-order valence-corrected chi connectivity index (χ4v) is 8.04. The summed E-state index contributed by atoms with van der Waals surface area (Å²) < 4.78 is 28.2. The summed E-state index contributed by atoms with van der Waals surface area (Å²) in [6, 6.07) is 29.5. The van der Waals surface area contributed by atoms with Crippen molar-refractivity contribution in [3.8, 4) is 23.0 Å². The lowest BCUT2D eigenvalue weighted by Crippen LogP contribution is -2.41. The monoisotopic (exact) mass is 570 g/mol. The molecule has 5 aliphatic rings. The predicted octanol–water partition coefficient (Wildman–Crippen LogP) is 4.84. The maximum atomic E-state index is 15.6. The van der Waals surface area contributed by atoms with Crippen LogP contribution in [-0.2, 0) is 30.0 Å². The third-order valence-electron chi connectivity index (χ3n) is 9.51. The van der Waals surface area contributed by atoms with Crippen LogP contribution in [0.3, 0.4) is 0 Å². The van der Waals surface area contributed by atoms with Crippen LogP contribution < -0.4 is 18.9 Å². The van der Waals surface area contributed by atoms with E-state index >= 15 is 4.79 Å². The van der Waals surface area contributed by atoms with Gasteiger partial charge in [0, 0.05) is 0 Å². The van der Waals surface area contributed by atoms with Crippen LogP contribution in [0.4, 0.5) is 0 Å². The van der Waals surface area contributed by atoms with Gasteiger partial charge in [-0.2, -0.15) is 0 Å². The molecule has 0 spiro atoms. The van der Waals surface area contributed by atoms with Crippen molar-refractivity contribution in [1.29, 1.82) is 0 Å². The molecule has 0 aromatic heterocycles. The Balaban J connectivity index is 1.49. The first-order valence-electron chi connectivity index (χ1n) is 14.0. The number of ether oxygens (including phenoxy) is 5. The second-order valence-electron chi connectivity index (χ2n) is 11.3. The first-order chi connectivity index (χ1) is 21.1. The molecule has 2 aliphatic carbocycles. The molecule has 43 heavy (non-hydrogen) atoms. The standard InChI is InChI=1S/C35H22O8/c36-31-29-30(32(37)43-31)35(22-9-5-2-6-10-22)28(20-12-14-24-26(16-20)42-18-40-24)27(19-11-13-23-25(15-19)41-17-39-23)34(29,33(35)38)21-7-3-1-4-8-21/h1-16,29-30H,17-18H2/t29-,30+,34-,35-/m0/s1. The number of fused-ring (bicyclic) bond motifs is 7. The molecule has 0 amide bonds. The third kappa shape index (κ3) is 2.83. The Morgan fingerprint density at radius 3 is 1.37 bits per heavy atom. The lowest BCUT2D eigenvalue weighted by Gasteiger charge is -2.38. The van der Waals surface area contributed by atoms with Gasteiger partial charge in [-0.1, -0.05) is 72.8 Å². The minimum absolute atomic E-state index is 0.0785. The van der Waals surface area contributed by atoms with Crippen molar-refractivity contribution in [2.75, 3.05) is 13.6 Å². The number of rotatable bonds is 4. The van der Waals surface area contributed by atoms with E-state index in [9.17, 15) is 9.59 Å². The summed E-state index contributed by atoms with van der Waals surface area (Å²) in [6.07, 6.45) is 0. The van der Waals surface area contributed by atoms with E-state index in [2.05, 4.69) is 0 Å². The zero-order valence-electron chi connectivity index (χ0n) is 22.6. The SMILES string of the molecule is O=C1OC(=O)[C@H]2[C@@H]1[C@@]1(c3ccccc3)C(=O)[C@@]2(c2ccccc2)C(c2ccc3c(c2)OCO3)=C1c1ccc2c(c1)OCO2. The molecule has 2 bridgehead atoms. The first-order valence-corrected chi connectivity index (χ1v) is 14.0. The van der Waals surface area contributed by atoms with E-state index < -0.39 is 34.6 Å². The molecule has 0 radical (unpaired) electrons. The molecular formula is C35H22O8. The van der Waals surface area contributed by atoms with Gasteiger partial charge in [-0.05, 0) is 57.7 Å². The van der Waals surface area contributed by atoms with Crippen LogP contribution >= 0.6 is 0 Å². The van der Waals surface area contributed by atoms with Gasteiger partial charge in [-0.3, -0.25) is 14.4 Å². The minimum Gasteiger partial charge on any atom is -0.454 e. The van der Waals surface area contributed by atoms with Gasteiger partial charge in [0.1, 0.15) is 0 Å².